The lowest BCUT2D eigenvalue weighted by atomic mass is 10.1. The first-order valence-corrected chi connectivity index (χ1v) is 4.66. The zero-order valence-electron chi connectivity index (χ0n) is 6.39. The van der Waals surface area contributed by atoms with E-state index in [9.17, 15) is 0 Å². The summed E-state index contributed by atoms with van der Waals surface area (Å²) >= 11 is 12.1. The maximum Gasteiger partial charge on any atom is 0.125 e. The monoisotopic (exact) mass is 202 g/mol. The van der Waals surface area contributed by atoms with Crippen molar-refractivity contribution in [3.8, 4) is 5.75 Å². The molecule has 0 aliphatic carbocycles. The van der Waals surface area contributed by atoms with Gasteiger partial charge in [-0.05, 0) is 12.1 Å². The Labute approximate surface area is 81.2 Å². The Morgan fingerprint density at radius 2 is 2.25 bits per heavy atom. The standard InChI is InChI=1S/C9H8Cl2O/c10-6-2-1-3-8-9(6)7(11)4-5-12-8/h1-3,7H,4-5H2. The Bertz CT molecular complexity index is 299. The van der Waals surface area contributed by atoms with Crippen molar-refractivity contribution in [2.45, 2.75) is 11.8 Å². The summed E-state index contributed by atoms with van der Waals surface area (Å²) < 4.78 is 5.41. The Kier molecular flexibility index (Phi) is 2.16. The molecular weight excluding hydrogens is 195 g/mol. The molecule has 12 heavy (non-hydrogen) atoms. The number of halogens is 2. The van der Waals surface area contributed by atoms with Crippen LogP contribution in [0, 0.1) is 0 Å². The van der Waals surface area contributed by atoms with Gasteiger partial charge in [0.25, 0.3) is 0 Å². The first-order valence-electron chi connectivity index (χ1n) is 3.84. The summed E-state index contributed by atoms with van der Waals surface area (Å²) in [5.41, 5.74) is 0.937. The number of alkyl halides is 1. The fourth-order valence-corrected chi connectivity index (χ4v) is 2.03. The third-order valence-corrected chi connectivity index (χ3v) is 2.72. The van der Waals surface area contributed by atoms with Gasteiger partial charge in [-0.1, -0.05) is 17.7 Å². The molecular formula is C9H8Cl2O. The highest BCUT2D eigenvalue weighted by molar-refractivity contribution is 6.33. The highest BCUT2D eigenvalue weighted by atomic mass is 35.5. The van der Waals surface area contributed by atoms with E-state index in [2.05, 4.69) is 0 Å². The lowest BCUT2D eigenvalue weighted by Gasteiger charge is -2.22. The van der Waals surface area contributed by atoms with Crippen LogP contribution in [0.3, 0.4) is 0 Å². The molecule has 0 bridgehead atoms. The van der Waals surface area contributed by atoms with Crippen molar-refractivity contribution in [3.63, 3.8) is 0 Å². The van der Waals surface area contributed by atoms with E-state index in [0.29, 0.717) is 11.6 Å². The van der Waals surface area contributed by atoms with Crippen LogP contribution in [-0.2, 0) is 0 Å². The van der Waals surface area contributed by atoms with E-state index < -0.39 is 0 Å². The van der Waals surface area contributed by atoms with Crippen molar-refractivity contribution >= 4 is 23.2 Å². The molecule has 2 rings (SSSR count). The summed E-state index contributed by atoms with van der Waals surface area (Å²) in [7, 11) is 0. The fourth-order valence-electron chi connectivity index (χ4n) is 1.36. The van der Waals surface area contributed by atoms with Gasteiger partial charge in [-0.2, -0.15) is 0 Å². The van der Waals surface area contributed by atoms with E-state index >= 15 is 0 Å². The zero-order chi connectivity index (χ0) is 8.55. The van der Waals surface area contributed by atoms with Crippen LogP contribution < -0.4 is 4.74 Å². The molecule has 1 aliphatic rings. The minimum Gasteiger partial charge on any atom is -0.493 e. The van der Waals surface area contributed by atoms with Crippen molar-refractivity contribution in [3.05, 3.63) is 28.8 Å². The second kappa shape index (κ2) is 3.15. The molecule has 0 saturated heterocycles. The Morgan fingerprint density at radius 1 is 1.42 bits per heavy atom. The van der Waals surface area contributed by atoms with Gasteiger partial charge in [-0.15, -0.1) is 11.6 Å². The zero-order valence-corrected chi connectivity index (χ0v) is 7.90. The van der Waals surface area contributed by atoms with Gasteiger partial charge in [0.05, 0.1) is 12.0 Å². The Morgan fingerprint density at radius 3 is 3.00 bits per heavy atom. The molecule has 1 heterocycles. The smallest absolute Gasteiger partial charge is 0.125 e. The van der Waals surface area contributed by atoms with Gasteiger partial charge in [-0.3, -0.25) is 0 Å². The largest absolute Gasteiger partial charge is 0.493 e. The molecule has 0 saturated carbocycles. The van der Waals surface area contributed by atoms with Gasteiger partial charge >= 0.3 is 0 Å². The van der Waals surface area contributed by atoms with E-state index in [0.717, 1.165) is 17.7 Å². The van der Waals surface area contributed by atoms with Gasteiger partial charge in [0.2, 0.25) is 0 Å². The number of rotatable bonds is 0. The van der Waals surface area contributed by atoms with Crippen LogP contribution in [0.15, 0.2) is 18.2 Å². The molecule has 1 aliphatic heterocycles. The maximum atomic E-state index is 6.09. The third-order valence-electron chi connectivity index (χ3n) is 1.96. The third kappa shape index (κ3) is 1.27. The van der Waals surface area contributed by atoms with Crippen molar-refractivity contribution in [2.24, 2.45) is 0 Å². The predicted octanol–water partition coefficient (Wildman–Crippen LogP) is 3.40. The summed E-state index contributed by atoms with van der Waals surface area (Å²) in [6, 6.07) is 5.61. The molecule has 1 unspecified atom stereocenters. The SMILES string of the molecule is Clc1cccc2c1C(Cl)CCO2. The van der Waals surface area contributed by atoms with E-state index in [4.69, 9.17) is 27.9 Å². The van der Waals surface area contributed by atoms with Gasteiger partial charge in [0, 0.05) is 17.0 Å². The second-order valence-electron chi connectivity index (χ2n) is 2.76. The first kappa shape index (κ1) is 8.21. The van der Waals surface area contributed by atoms with Crippen molar-refractivity contribution in [1.29, 1.82) is 0 Å². The molecule has 0 fully saturated rings. The molecule has 0 aromatic heterocycles. The summed E-state index contributed by atoms with van der Waals surface area (Å²) in [4.78, 5) is 0. The minimum atomic E-state index is 0.00227. The van der Waals surface area contributed by atoms with Crippen LogP contribution in [0.2, 0.25) is 5.02 Å². The Balaban J connectivity index is 2.53. The molecule has 1 atom stereocenters. The lowest BCUT2D eigenvalue weighted by molar-refractivity contribution is 0.285. The molecule has 1 aromatic carbocycles. The minimum absolute atomic E-state index is 0.00227. The molecule has 0 N–H and O–H groups in total. The van der Waals surface area contributed by atoms with Gasteiger partial charge in [-0.25, -0.2) is 0 Å². The van der Waals surface area contributed by atoms with E-state index in [-0.39, 0.29) is 5.38 Å². The molecule has 0 spiro atoms. The molecule has 3 heteroatoms. The Hall–Kier alpha value is -0.400. The molecule has 64 valence electrons. The molecule has 1 aromatic rings. The predicted molar refractivity (Wildman–Crippen MR) is 50.2 cm³/mol. The maximum absolute atomic E-state index is 6.09. The number of benzene rings is 1. The average molecular weight is 203 g/mol. The van der Waals surface area contributed by atoms with Crippen molar-refractivity contribution in [1.82, 2.24) is 0 Å². The van der Waals surface area contributed by atoms with Crippen LogP contribution >= 0.6 is 23.2 Å². The molecule has 0 amide bonds. The summed E-state index contributed by atoms with van der Waals surface area (Å²) in [5, 5.41) is 0.703. The number of fused-ring (bicyclic) bond motifs is 1. The molecule has 1 nitrogen and oxygen atoms in total. The number of hydrogen-bond acceptors (Lipinski definition) is 1. The highest BCUT2D eigenvalue weighted by Gasteiger charge is 2.21. The quantitative estimate of drug-likeness (QED) is 0.587. The van der Waals surface area contributed by atoms with E-state index in [1.807, 2.05) is 18.2 Å². The number of hydrogen-bond donors (Lipinski definition) is 0. The van der Waals surface area contributed by atoms with Gasteiger partial charge in [0.15, 0.2) is 0 Å². The van der Waals surface area contributed by atoms with Crippen LogP contribution in [0.4, 0.5) is 0 Å². The molecule has 0 radical (unpaired) electrons. The summed E-state index contributed by atoms with van der Waals surface area (Å²) in [5.74, 6) is 0.828. The highest BCUT2D eigenvalue weighted by Crippen LogP contribution is 2.40. The van der Waals surface area contributed by atoms with Crippen LogP contribution in [0.5, 0.6) is 5.75 Å². The van der Waals surface area contributed by atoms with E-state index in [1.54, 1.807) is 0 Å². The van der Waals surface area contributed by atoms with Crippen molar-refractivity contribution in [2.75, 3.05) is 6.61 Å². The van der Waals surface area contributed by atoms with Gasteiger partial charge in [0.1, 0.15) is 5.75 Å². The summed E-state index contributed by atoms with van der Waals surface area (Å²) in [6.07, 6.45) is 0.832. The normalized spacial score (nSPS) is 21.3. The average Bonchev–Trinajstić information content (AvgIpc) is 2.04. The van der Waals surface area contributed by atoms with Crippen LogP contribution in [0.1, 0.15) is 17.4 Å². The number of ether oxygens (including phenoxy) is 1. The van der Waals surface area contributed by atoms with Crippen LogP contribution in [-0.4, -0.2) is 6.61 Å². The van der Waals surface area contributed by atoms with Crippen LogP contribution in [0.25, 0.3) is 0 Å². The first-order chi connectivity index (χ1) is 5.79. The topological polar surface area (TPSA) is 9.23 Å². The lowest BCUT2D eigenvalue weighted by Crippen LogP contribution is -2.10. The van der Waals surface area contributed by atoms with Gasteiger partial charge < -0.3 is 4.74 Å². The second-order valence-corrected chi connectivity index (χ2v) is 3.69. The van der Waals surface area contributed by atoms with Crippen molar-refractivity contribution < 1.29 is 4.74 Å². The summed E-state index contributed by atoms with van der Waals surface area (Å²) in [6.45, 7) is 0.682. The van der Waals surface area contributed by atoms with E-state index in [1.165, 1.54) is 0 Å². The fraction of sp³-hybridized carbons (Fsp3) is 0.333.